The molecule has 0 atom stereocenters. The van der Waals surface area contributed by atoms with E-state index in [4.69, 9.17) is 4.74 Å². The van der Waals surface area contributed by atoms with E-state index in [-0.39, 0.29) is 11.4 Å². The van der Waals surface area contributed by atoms with Gasteiger partial charge in [0.15, 0.2) is 0 Å². The van der Waals surface area contributed by atoms with Crippen molar-refractivity contribution in [1.82, 2.24) is 0 Å². The maximum atomic E-state index is 13.6. The number of hydrogen-bond donors (Lipinski definition) is 2. The lowest BCUT2D eigenvalue weighted by Gasteiger charge is -2.20. The molecule has 0 spiro atoms. The summed E-state index contributed by atoms with van der Waals surface area (Å²) in [5.74, 6) is -0.974. The van der Waals surface area contributed by atoms with Crippen LogP contribution in [0.4, 0.5) is 20.6 Å². The second kappa shape index (κ2) is 7.65. The van der Waals surface area contributed by atoms with Crippen LogP contribution < -0.4 is 10.6 Å². The summed E-state index contributed by atoms with van der Waals surface area (Å²) in [6, 6.07) is 10.4. The fourth-order valence-electron chi connectivity index (χ4n) is 1.97. The van der Waals surface area contributed by atoms with Gasteiger partial charge in [-0.15, -0.1) is 0 Å². The summed E-state index contributed by atoms with van der Waals surface area (Å²) in [4.78, 5) is 24.3. The average Bonchev–Trinajstić information content (AvgIpc) is 2.48. The van der Waals surface area contributed by atoms with E-state index in [1.807, 2.05) is 0 Å². The van der Waals surface area contributed by atoms with Crippen molar-refractivity contribution in [3.8, 4) is 0 Å². The summed E-state index contributed by atoms with van der Waals surface area (Å²) < 4.78 is 19.5. The predicted molar refractivity (Wildman–Crippen MR) is 98.4 cm³/mol. The highest BCUT2D eigenvalue weighted by Crippen LogP contribution is 2.25. The van der Waals surface area contributed by atoms with Crippen molar-refractivity contribution < 1.29 is 18.7 Å². The fourth-order valence-corrected chi connectivity index (χ4v) is 2.37. The predicted octanol–water partition coefficient (Wildman–Crippen LogP) is 5.19. The summed E-state index contributed by atoms with van der Waals surface area (Å²) in [6.45, 7) is 5.19. The van der Waals surface area contributed by atoms with Gasteiger partial charge in [0.25, 0.3) is 5.91 Å². The molecule has 0 aliphatic carbocycles. The van der Waals surface area contributed by atoms with E-state index in [0.29, 0.717) is 5.56 Å². The third-order valence-corrected chi connectivity index (χ3v) is 3.45. The second-order valence-corrected chi connectivity index (χ2v) is 7.20. The van der Waals surface area contributed by atoms with Crippen LogP contribution in [0, 0.1) is 5.82 Å². The van der Waals surface area contributed by atoms with E-state index in [1.54, 1.807) is 45.0 Å². The van der Waals surface area contributed by atoms with Gasteiger partial charge in [-0.2, -0.15) is 0 Å². The normalized spacial score (nSPS) is 10.9. The highest BCUT2D eigenvalue weighted by molar-refractivity contribution is 9.10. The molecule has 0 fully saturated rings. The monoisotopic (exact) mass is 408 g/mol. The Morgan fingerprint density at radius 3 is 2.40 bits per heavy atom. The Morgan fingerprint density at radius 1 is 1.04 bits per heavy atom. The van der Waals surface area contributed by atoms with Gasteiger partial charge in [0.1, 0.15) is 11.4 Å². The number of ether oxygens (including phenoxy) is 1. The van der Waals surface area contributed by atoms with Gasteiger partial charge in [0, 0.05) is 10.0 Å². The largest absolute Gasteiger partial charge is 0.444 e. The molecule has 0 heterocycles. The van der Waals surface area contributed by atoms with E-state index < -0.39 is 23.4 Å². The molecule has 0 aromatic heterocycles. The van der Waals surface area contributed by atoms with Gasteiger partial charge in [-0.3, -0.25) is 10.1 Å². The van der Waals surface area contributed by atoms with Crippen molar-refractivity contribution in [3.05, 3.63) is 58.3 Å². The number of rotatable bonds is 3. The number of benzene rings is 2. The quantitative estimate of drug-likeness (QED) is 0.734. The minimum Gasteiger partial charge on any atom is -0.444 e. The lowest BCUT2D eigenvalue weighted by Crippen LogP contribution is -2.27. The number of carbonyl (C=O) groups excluding carboxylic acids is 2. The zero-order chi connectivity index (χ0) is 18.6. The second-order valence-electron chi connectivity index (χ2n) is 6.28. The number of carbonyl (C=O) groups is 2. The van der Waals surface area contributed by atoms with Crippen LogP contribution in [0.5, 0.6) is 0 Å². The molecular formula is C18H18BrFN2O3. The molecule has 7 heteroatoms. The lowest BCUT2D eigenvalue weighted by atomic mass is 10.2. The number of hydrogen-bond acceptors (Lipinski definition) is 3. The van der Waals surface area contributed by atoms with E-state index in [0.717, 1.165) is 10.5 Å². The van der Waals surface area contributed by atoms with Crippen LogP contribution in [0.2, 0.25) is 0 Å². The molecule has 0 saturated heterocycles. The fraction of sp³-hybridized carbons (Fsp3) is 0.222. The third-order valence-electron chi connectivity index (χ3n) is 2.95. The molecule has 2 aromatic carbocycles. The smallest absolute Gasteiger partial charge is 0.412 e. The first-order chi connectivity index (χ1) is 11.6. The molecule has 0 saturated carbocycles. The first-order valence-electron chi connectivity index (χ1n) is 7.50. The lowest BCUT2D eigenvalue weighted by molar-refractivity contribution is 0.0635. The van der Waals surface area contributed by atoms with Crippen LogP contribution in [-0.2, 0) is 4.74 Å². The first kappa shape index (κ1) is 18.9. The Kier molecular flexibility index (Phi) is 5.79. The minimum absolute atomic E-state index is 0.135. The Labute approximate surface area is 153 Å². The first-order valence-corrected chi connectivity index (χ1v) is 8.30. The zero-order valence-corrected chi connectivity index (χ0v) is 15.6. The molecular weight excluding hydrogens is 391 g/mol. The third kappa shape index (κ3) is 5.86. The summed E-state index contributed by atoms with van der Waals surface area (Å²) in [7, 11) is 0. The number of anilines is 2. The van der Waals surface area contributed by atoms with Crippen molar-refractivity contribution in [2.45, 2.75) is 26.4 Å². The average molecular weight is 409 g/mol. The van der Waals surface area contributed by atoms with Gasteiger partial charge in [-0.05, 0) is 57.2 Å². The molecule has 2 rings (SSSR count). The maximum Gasteiger partial charge on any atom is 0.412 e. The molecule has 2 N–H and O–H groups in total. The number of amides is 2. The molecule has 5 nitrogen and oxygen atoms in total. The summed E-state index contributed by atoms with van der Waals surface area (Å²) >= 11 is 3.29. The van der Waals surface area contributed by atoms with Gasteiger partial charge in [-0.1, -0.05) is 22.0 Å². The molecule has 0 unspecified atom stereocenters. The van der Waals surface area contributed by atoms with Crippen LogP contribution in [0.25, 0.3) is 0 Å². The van der Waals surface area contributed by atoms with E-state index in [2.05, 4.69) is 26.6 Å². The standard InChI is InChI=1S/C18H18BrFN2O3/c1-18(2,3)25-17(24)22-14-8-7-13(20)10-15(14)21-16(23)11-5-4-6-12(19)9-11/h4-10H,1-3H3,(H,21,23)(H,22,24). The molecule has 2 aromatic rings. The SMILES string of the molecule is CC(C)(C)OC(=O)Nc1ccc(F)cc1NC(=O)c1cccc(Br)c1. The van der Waals surface area contributed by atoms with Gasteiger partial charge >= 0.3 is 6.09 Å². The summed E-state index contributed by atoms with van der Waals surface area (Å²) in [6.07, 6.45) is -0.697. The van der Waals surface area contributed by atoms with Crippen LogP contribution >= 0.6 is 15.9 Å². The van der Waals surface area contributed by atoms with Crippen molar-refractivity contribution in [2.24, 2.45) is 0 Å². The zero-order valence-electron chi connectivity index (χ0n) is 14.0. The molecule has 2 amide bonds. The van der Waals surface area contributed by atoms with E-state index in [1.165, 1.54) is 12.1 Å². The van der Waals surface area contributed by atoms with E-state index in [9.17, 15) is 14.0 Å². The van der Waals surface area contributed by atoms with Gasteiger partial charge in [0.05, 0.1) is 11.4 Å². The minimum atomic E-state index is -0.697. The number of halogens is 2. The van der Waals surface area contributed by atoms with Crippen molar-refractivity contribution in [1.29, 1.82) is 0 Å². The van der Waals surface area contributed by atoms with E-state index >= 15 is 0 Å². The Morgan fingerprint density at radius 2 is 1.76 bits per heavy atom. The highest BCUT2D eigenvalue weighted by atomic mass is 79.9. The Bertz CT molecular complexity index is 803. The van der Waals surface area contributed by atoms with Gasteiger partial charge in [-0.25, -0.2) is 9.18 Å². The molecule has 0 aliphatic heterocycles. The van der Waals surface area contributed by atoms with Crippen LogP contribution in [-0.4, -0.2) is 17.6 Å². The van der Waals surface area contributed by atoms with Gasteiger partial charge < -0.3 is 10.1 Å². The summed E-state index contributed by atoms with van der Waals surface area (Å²) in [5, 5.41) is 5.10. The molecule has 25 heavy (non-hydrogen) atoms. The van der Waals surface area contributed by atoms with Crippen molar-refractivity contribution >= 4 is 39.3 Å². The van der Waals surface area contributed by atoms with Gasteiger partial charge in [0.2, 0.25) is 0 Å². The Hall–Kier alpha value is -2.41. The van der Waals surface area contributed by atoms with Crippen LogP contribution in [0.1, 0.15) is 31.1 Å². The number of nitrogens with one attached hydrogen (secondary N) is 2. The molecule has 0 radical (unpaired) electrons. The summed E-state index contributed by atoms with van der Waals surface area (Å²) in [5.41, 5.74) is 0.0841. The van der Waals surface area contributed by atoms with Crippen LogP contribution in [0.15, 0.2) is 46.9 Å². The maximum absolute atomic E-state index is 13.6. The topological polar surface area (TPSA) is 67.4 Å². The molecule has 0 bridgehead atoms. The van der Waals surface area contributed by atoms with Crippen LogP contribution in [0.3, 0.4) is 0 Å². The highest BCUT2D eigenvalue weighted by Gasteiger charge is 2.18. The van der Waals surface area contributed by atoms with Crippen molar-refractivity contribution in [3.63, 3.8) is 0 Å². The molecule has 0 aliphatic rings. The van der Waals surface area contributed by atoms with Crippen molar-refractivity contribution in [2.75, 3.05) is 10.6 Å². The Balaban J connectivity index is 2.21. The molecule has 132 valence electrons.